The Labute approximate surface area is 114 Å². The normalized spacial score (nSPS) is 12.9. The van der Waals surface area contributed by atoms with E-state index in [2.05, 4.69) is 51.1 Å². The van der Waals surface area contributed by atoms with Gasteiger partial charge in [-0.15, -0.1) is 0 Å². The standard InChI is InChI=1S/C18H30/c1-4-7-8-12-15-18(16(5-2)6-3)17-13-10-9-11-14-17/h9-11,13-14,16,18H,4-8,12,15H2,1-3H3. The Morgan fingerprint density at radius 1 is 0.833 bits per heavy atom. The quantitative estimate of drug-likeness (QED) is 0.457. The molecule has 1 aromatic carbocycles. The maximum atomic E-state index is 2.34. The Balaban J connectivity index is 2.63. The van der Waals surface area contributed by atoms with E-state index < -0.39 is 0 Å². The summed E-state index contributed by atoms with van der Waals surface area (Å²) in [6, 6.07) is 11.2. The molecule has 0 aliphatic heterocycles. The average Bonchev–Trinajstić information content (AvgIpc) is 2.43. The van der Waals surface area contributed by atoms with Gasteiger partial charge in [0.2, 0.25) is 0 Å². The first-order valence-corrected chi connectivity index (χ1v) is 7.88. The summed E-state index contributed by atoms with van der Waals surface area (Å²) >= 11 is 0. The summed E-state index contributed by atoms with van der Waals surface area (Å²) in [7, 11) is 0. The molecule has 1 unspecified atom stereocenters. The zero-order valence-corrected chi connectivity index (χ0v) is 12.5. The fourth-order valence-electron chi connectivity index (χ4n) is 3.02. The molecule has 18 heavy (non-hydrogen) atoms. The molecule has 0 aliphatic rings. The van der Waals surface area contributed by atoms with Gasteiger partial charge < -0.3 is 0 Å². The summed E-state index contributed by atoms with van der Waals surface area (Å²) in [6.45, 7) is 6.97. The van der Waals surface area contributed by atoms with Gasteiger partial charge in [0.1, 0.15) is 0 Å². The number of hydrogen-bond acceptors (Lipinski definition) is 0. The van der Waals surface area contributed by atoms with Crippen LogP contribution in [0, 0.1) is 5.92 Å². The third kappa shape index (κ3) is 4.84. The molecule has 1 atom stereocenters. The van der Waals surface area contributed by atoms with E-state index in [9.17, 15) is 0 Å². The smallest absolute Gasteiger partial charge is 0.0134 e. The van der Waals surface area contributed by atoms with E-state index in [-0.39, 0.29) is 0 Å². The fourth-order valence-corrected chi connectivity index (χ4v) is 3.02. The molecule has 0 aromatic heterocycles. The molecule has 0 bridgehead atoms. The number of rotatable bonds is 9. The molecule has 0 radical (unpaired) electrons. The first-order valence-electron chi connectivity index (χ1n) is 7.88. The number of benzene rings is 1. The second-order valence-corrected chi connectivity index (χ2v) is 5.44. The summed E-state index contributed by atoms with van der Waals surface area (Å²) in [5.74, 6) is 1.63. The van der Waals surface area contributed by atoms with Gasteiger partial charge >= 0.3 is 0 Å². The Morgan fingerprint density at radius 3 is 2.06 bits per heavy atom. The predicted octanol–water partition coefficient (Wildman–Crippen LogP) is 6.18. The highest BCUT2D eigenvalue weighted by Gasteiger charge is 2.19. The van der Waals surface area contributed by atoms with Crippen molar-refractivity contribution in [1.82, 2.24) is 0 Å². The topological polar surface area (TPSA) is 0 Å². The van der Waals surface area contributed by atoms with Gasteiger partial charge in [-0.3, -0.25) is 0 Å². The van der Waals surface area contributed by atoms with Crippen LogP contribution in [0.2, 0.25) is 0 Å². The van der Waals surface area contributed by atoms with Crippen LogP contribution in [0.5, 0.6) is 0 Å². The molecule has 0 saturated carbocycles. The highest BCUT2D eigenvalue weighted by molar-refractivity contribution is 5.20. The van der Waals surface area contributed by atoms with E-state index >= 15 is 0 Å². The molecule has 0 amide bonds. The van der Waals surface area contributed by atoms with Gasteiger partial charge in [-0.2, -0.15) is 0 Å². The molecule has 0 nitrogen and oxygen atoms in total. The van der Waals surface area contributed by atoms with Crippen LogP contribution in [-0.2, 0) is 0 Å². The van der Waals surface area contributed by atoms with Crippen LogP contribution in [0.25, 0.3) is 0 Å². The molecule has 1 aromatic rings. The highest BCUT2D eigenvalue weighted by atomic mass is 14.2. The minimum Gasteiger partial charge on any atom is -0.0654 e. The van der Waals surface area contributed by atoms with E-state index in [1.807, 2.05) is 0 Å². The van der Waals surface area contributed by atoms with E-state index in [0.717, 1.165) is 11.8 Å². The Kier molecular flexibility index (Phi) is 7.80. The number of hydrogen-bond donors (Lipinski definition) is 0. The van der Waals surface area contributed by atoms with Gasteiger partial charge in [-0.1, -0.05) is 89.6 Å². The third-order valence-corrected chi connectivity index (χ3v) is 4.21. The second-order valence-electron chi connectivity index (χ2n) is 5.44. The van der Waals surface area contributed by atoms with Gasteiger partial charge in [0.15, 0.2) is 0 Å². The summed E-state index contributed by atoms with van der Waals surface area (Å²) in [5, 5.41) is 0. The van der Waals surface area contributed by atoms with Crippen LogP contribution in [0.4, 0.5) is 0 Å². The van der Waals surface area contributed by atoms with Crippen molar-refractivity contribution in [3.63, 3.8) is 0 Å². The molecule has 0 fully saturated rings. The molecule has 0 aliphatic carbocycles. The Bertz CT molecular complexity index is 284. The average molecular weight is 246 g/mol. The van der Waals surface area contributed by atoms with E-state index in [1.54, 1.807) is 5.56 Å². The minimum absolute atomic E-state index is 0.776. The van der Waals surface area contributed by atoms with Gasteiger partial charge in [-0.05, 0) is 23.8 Å². The van der Waals surface area contributed by atoms with Crippen molar-refractivity contribution in [2.75, 3.05) is 0 Å². The lowest BCUT2D eigenvalue weighted by Gasteiger charge is -2.26. The van der Waals surface area contributed by atoms with Crippen molar-refractivity contribution >= 4 is 0 Å². The second kappa shape index (κ2) is 9.19. The third-order valence-electron chi connectivity index (χ3n) is 4.21. The molecule has 1 rings (SSSR count). The SMILES string of the molecule is CCCCCCC(c1ccccc1)C(CC)CC. The van der Waals surface area contributed by atoms with Crippen LogP contribution in [0.15, 0.2) is 30.3 Å². The van der Waals surface area contributed by atoms with Crippen LogP contribution in [0.1, 0.15) is 77.2 Å². The minimum atomic E-state index is 0.776. The zero-order chi connectivity index (χ0) is 13.2. The summed E-state index contributed by atoms with van der Waals surface area (Å²) in [4.78, 5) is 0. The summed E-state index contributed by atoms with van der Waals surface area (Å²) in [5.41, 5.74) is 1.56. The van der Waals surface area contributed by atoms with Crippen molar-refractivity contribution < 1.29 is 0 Å². The van der Waals surface area contributed by atoms with Gasteiger partial charge in [0.05, 0.1) is 0 Å². The van der Waals surface area contributed by atoms with Gasteiger partial charge in [-0.25, -0.2) is 0 Å². The molecular formula is C18H30. The van der Waals surface area contributed by atoms with Crippen molar-refractivity contribution in [2.45, 2.75) is 71.6 Å². The first-order chi connectivity index (χ1) is 8.83. The maximum Gasteiger partial charge on any atom is -0.0134 e. The van der Waals surface area contributed by atoms with E-state index in [4.69, 9.17) is 0 Å². The lowest BCUT2D eigenvalue weighted by atomic mass is 9.79. The van der Waals surface area contributed by atoms with E-state index in [1.165, 1.54) is 44.9 Å². The van der Waals surface area contributed by atoms with Crippen molar-refractivity contribution in [2.24, 2.45) is 5.92 Å². The number of unbranched alkanes of at least 4 members (excludes halogenated alkanes) is 3. The lowest BCUT2D eigenvalue weighted by molar-refractivity contribution is 0.367. The monoisotopic (exact) mass is 246 g/mol. The zero-order valence-electron chi connectivity index (χ0n) is 12.5. The van der Waals surface area contributed by atoms with E-state index in [0.29, 0.717) is 0 Å². The Morgan fingerprint density at radius 2 is 1.50 bits per heavy atom. The molecule has 0 heterocycles. The lowest BCUT2D eigenvalue weighted by Crippen LogP contribution is -2.11. The van der Waals surface area contributed by atoms with Crippen molar-refractivity contribution in [3.8, 4) is 0 Å². The molecule has 0 spiro atoms. The summed E-state index contributed by atoms with van der Waals surface area (Å²) in [6.07, 6.45) is 9.51. The molecular weight excluding hydrogens is 216 g/mol. The van der Waals surface area contributed by atoms with Crippen molar-refractivity contribution in [1.29, 1.82) is 0 Å². The Hall–Kier alpha value is -0.780. The van der Waals surface area contributed by atoms with Crippen LogP contribution in [-0.4, -0.2) is 0 Å². The summed E-state index contributed by atoms with van der Waals surface area (Å²) < 4.78 is 0. The predicted molar refractivity (Wildman–Crippen MR) is 82.0 cm³/mol. The molecule has 0 N–H and O–H groups in total. The largest absolute Gasteiger partial charge is 0.0654 e. The van der Waals surface area contributed by atoms with Crippen molar-refractivity contribution in [3.05, 3.63) is 35.9 Å². The van der Waals surface area contributed by atoms with Gasteiger partial charge in [0, 0.05) is 0 Å². The molecule has 102 valence electrons. The fraction of sp³-hybridized carbons (Fsp3) is 0.667. The van der Waals surface area contributed by atoms with Gasteiger partial charge in [0.25, 0.3) is 0 Å². The molecule has 0 heteroatoms. The molecule has 0 saturated heterocycles. The van der Waals surface area contributed by atoms with Crippen LogP contribution < -0.4 is 0 Å². The maximum absolute atomic E-state index is 2.34. The van der Waals surface area contributed by atoms with Crippen LogP contribution >= 0.6 is 0 Å². The van der Waals surface area contributed by atoms with Crippen LogP contribution in [0.3, 0.4) is 0 Å². The first kappa shape index (κ1) is 15.3. The highest BCUT2D eigenvalue weighted by Crippen LogP contribution is 2.34.